The number of nitrogens with two attached hydrogens (primary N) is 1. The predicted octanol–water partition coefficient (Wildman–Crippen LogP) is 3.31. The lowest BCUT2D eigenvalue weighted by Gasteiger charge is -2.04. The van der Waals surface area contributed by atoms with Gasteiger partial charge in [-0.1, -0.05) is 29.3 Å². The number of benzene rings is 1. The topological polar surface area (TPSA) is 63.8 Å². The van der Waals surface area contributed by atoms with Gasteiger partial charge < -0.3 is 5.73 Å². The highest BCUT2D eigenvalue weighted by Crippen LogP contribution is 2.35. The highest BCUT2D eigenvalue weighted by Gasteiger charge is 2.20. The summed E-state index contributed by atoms with van der Waals surface area (Å²) in [6, 6.07) is 5.05. The molecule has 2 rings (SSSR count). The molecule has 0 fully saturated rings. The molecule has 2 aromatic rings. The molecule has 0 saturated carbocycles. The Morgan fingerprint density at radius 3 is 2.22 bits per heavy atom. The number of rotatable bonds is 2. The second-order valence-corrected chi connectivity index (χ2v) is 5.08. The van der Waals surface area contributed by atoms with Crippen molar-refractivity contribution in [2.24, 2.45) is 0 Å². The molecule has 0 unspecified atom stereocenters. The number of nitrogen functional groups attached to an aromatic ring is 1. The molecular weight excluding hydrogens is 273 g/mol. The molecule has 0 bridgehead atoms. The summed E-state index contributed by atoms with van der Waals surface area (Å²) < 4.78 is 1.45. The summed E-state index contributed by atoms with van der Waals surface area (Å²) in [4.78, 5) is 12.3. The van der Waals surface area contributed by atoms with Crippen LogP contribution in [0.4, 0.5) is 5.82 Å². The molecular formula is C12H13Cl2N3O. The average Bonchev–Trinajstić information content (AvgIpc) is 2.56. The number of hydrogen-bond donors (Lipinski definition) is 2. The molecule has 0 aliphatic heterocycles. The molecule has 0 saturated heterocycles. The summed E-state index contributed by atoms with van der Waals surface area (Å²) in [5, 5.41) is 3.64. The van der Waals surface area contributed by atoms with Crippen molar-refractivity contribution in [1.29, 1.82) is 0 Å². The molecule has 1 aromatic carbocycles. The number of halogens is 2. The highest BCUT2D eigenvalue weighted by molar-refractivity contribution is 6.39. The maximum absolute atomic E-state index is 12.3. The van der Waals surface area contributed by atoms with E-state index >= 15 is 0 Å². The van der Waals surface area contributed by atoms with E-state index in [1.807, 2.05) is 13.8 Å². The molecule has 1 aromatic heterocycles. The molecule has 0 spiro atoms. The van der Waals surface area contributed by atoms with Crippen LogP contribution >= 0.6 is 23.2 Å². The molecule has 0 radical (unpaired) electrons. The average molecular weight is 286 g/mol. The van der Waals surface area contributed by atoms with Crippen molar-refractivity contribution in [2.45, 2.75) is 19.9 Å². The third kappa shape index (κ3) is 2.02. The van der Waals surface area contributed by atoms with E-state index in [2.05, 4.69) is 5.10 Å². The van der Waals surface area contributed by atoms with Crippen LogP contribution in [0.2, 0.25) is 10.0 Å². The second kappa shape index (κ2) is 4.71. The van der Waals surface area contributed by atoms with Gasteiger partial charge in [0.1, 0.15) is 5.82 Å². The summed E-state index contributed by atoms with van der Waals surface area (Å²) in [5.41, 5.74) is 6.42. The van der Waals surface area contributed by atoms with Crippen LogP contribution < -0.4 is 11.3 Å². The van der Waals surface area contributed by atoms with E-state index in [1.54, 1.807) is 18.2 Å². The predicted molar refractivity (Wildman–Crippen MR) is 75.3 cm³/mol. The van der Waals surface area contributed by atoms with Gasteiger partial charge in [-0.3, -0.25) is 9.89 Å². The van der Waals surface area contributed by atoms with Gasteiger partial charge in [0.25, 0.3) is 5.56 Å². The van der Waals surface area contributed by atoms with Crippen LogP contribution in [-0.2, 0) is 0 Å². The van der Waals surface area contributed by atoms with Gasteiger partial charge in [0, 0.05) is 11.6 Å². The van der Waals surface area contributed by atoms with Crippen LogP contribution in [0.5, 0.6) is 0 Å². The highest BCUT2D eigenvalue weighted by atomic mass is 35.5. The summed E-state index contributed by atoms with van der Waals surface area (Å²) in [7, 11) is 0. The SMILES string of the molecule is CC(C)n1[nH]c(N)c(-c2c(Cl)cccc2Cl)c1=O. The van der Waals surface area contributed by atoms with E-state index in [0.29, 0.717) is 21.2 Å². The summed E-state index contributed by atoms with van der Waals surface area (Å²) in [6.45, 7) is 3.77. The fourth-order valence-corrected chi connectivity index (χ4v) is 2.40. The lowest BCUT2D eigenvalue weighted by Crippen LogP contribution is -2.19. The largest absolute Gasteiger partial charge is 0.383 e. The summed E-state index contributed by atoms with van der Waals surface area (Å²) in [6.07, 6.45) is 0. The smallest absolute Gasteiger partial charge is 0.276 e. The third-order valence-electron chi connectivity index (χ3n) is 2.67. The quantitative estimate of drug-likeness (QED) is 0.889. The Bertz CT molecular complexity index is 623. The fraction of sp³-hybridized carbons (Fsp3) is 0.250. The van der Waals surface area contributed by atoms with Crippen molar-refractivity contribution in [3.05, 3.63) is 38.6 Å². The number of nitrogens with zero attached hydrogens (tertiary/aromatic N) is 1. The van der Waals surface area contributed by atoms with Gasteiger partial charge in [0.05, 0.1) is 15.6 Å². The van der Waals surface area contributed by atoms with Crippen molar-refractivity contribution in [3.63, 3.8) is 0 Å². The minimum absolute atomic E-state index is 0.0187. The Hall–Kier alpha value is -1.39. The Kier molecular flexibility index (Phi) is 3.41. The Balaban J connectivity index is 2.77. The van der Waals surface area contributed by atoms with Gasteiger partial charge in [-0.05, 0) is 26.0 Å². The van der Waals surface area contributed by atoms with E-state index in [9.17, 15) is 4.79 Å². The first-order valence-corrected chi connectivity index (χ1v) is 6.23. The van der Waals surface area contributed by atoms with Crippen LogP contribution in [0.25, 0.3) is 11.1 Å². The van der Waals surface area contributed by atoms with Crippen LogP contribution in [0.1, 0.15) is 19.9 Å². The van der Waals surface area contributed by atoms with Crippen molar-refractivity contribution >= 4 is 29.0 Å². The molecule has 0 aliphatic carbocycles. The first-order valence-electron chi connectivity index (χ1n) is 5.47. The number of aromatic nitrogens is 2. The molecule has 4 nitrogen and oxygen atoms in total. The van der Waals surface area contributed by atoms with Gasteiger partial charge in [0.2, 0.25) is 0 Å². The van der Waals surface area contributed by atoms with E-state index < -0.39 is 0 Å². The Morgan fingerprint density at radius 2 is 1.78 bits per heavy atom. The van der Waals surface area contributed by atoms with Crippen molar-refractivity contribution in [1.82, 2.24) is 9.78 Å². The van der Waals surface area contributed by atoms with Gasteiger partial charge >= 0.3 is 0 Å². The normalized spacial score (nSPS) is 11.2. The lowest BCUT2D eigenvalue weighted by molar-refractivity contribution is 0.519. The van der Waals surface area contributed by atoms with Crippen molar-refractivity contribution < 1.29 is 0 Å². The Morgan fingerprint density at radius 1 is 1.22 bits per heavy atom. The number of nitrogens with one attached hydrogen (secondary N) is 1. The zero-order chi connectivity index (χ0) is 13.4. The van der Waals surface area contributed by atoms with Gasteiger partial charge in [0.15, 0.2) is 0 Å². The minimum atomic E-state index is -0.225. The molecule has 1 heterocycles. The first kappa shape index (κ1) is 13.1. The number of aromatic amines is 1. The van der Waals surface area contributed by atoms with E-state index in [1.165, 1.54) is 4.68 Å². The molecule has 6 heteroatoms. The number of anilines is 1. The maximum atomic E-state index is 12.3. The molecule has 3 N–H and O–H groups in total. The van der Waals surface area contributed by atoms with E-state index in [-0.39, 0.29) is 17.4 Å². The summed E-state index contributed by atoms with van der Waals surface area (Å²) >= 11 is 12.2. The monoisotopic (exact) mass is 285 g/mol. The fourth-order valence-electron chi connectivity index (χ4n) is 1.81. The Labute approximate surface area is 114 Å². The van der Waals surface area contributed by atoms with Crippen LogP contribution in [0.15, 0.2) is 23.0 Å². The van der Waals surface area contributed by atoms with Gasteiger partial charge in [-0.25, -0.2) is 4.68 Å². The molecule has 18 heavy (non-hydrogen) atoms. The third-order valence-corrected chi connectivity index (χ3v) is 3.30. The van der Waals surface area contributed by atoms with Gasteiger partial charge in [-0.15, -0.1) is 0 Å². The van der Waals surface area contributed by atoms with Crippen LogP contribution in [0, 0.1) is 0 Å². The molecule has 0 aliphatic rings. The van der Waals surface area contributed by atoms with Crippen LogP contribution in [0.3, 0.4) is 0 Å². The molecule has 96 valence electrons. The summed E-state index contributed by atoms with van der Waals surface area (Å²) in [5.74, 6) is 0.267. The molecule has 0 atom stereocenters. The first-order chi connectivity index (χ1) is 8.43. The maximum Gasteiger partial charge on any atom is 0.276 e. The second-order valence-electron chi connectivity index (χ2n) is 4.27. The van der Waals surface area contributed by atoms with Crippen molar-refractivity contribution in [3.8, 4) is 11.1 Å². The van der Waals surface area contributed by atoms with Crippen LogP contribution in [-0.4, -0.2) is 9.78 Å². The van der Waals surface area contributed by atoms with E-state index in [0.717, 1.165) is 0 Å². The lowest BCUT2D eigenvalue weighted by atomic mass is 10.1. The molecule has 0 amide bonds. The van der Waals surface area contributed by atoms with E-state index in [4.69, 9.17) is 28.9 Å². The number of H-pyrrole nitrogens is 1. The zero-order valence-corrected chi connectivity index (χ0v) is 11.5. The van der Waals surface area contributed by atoms with Gasteiger partial charge in [-0.2, -0.15) is 0 Å². The zero-order valence-electron chi connectivity index (χ0n) is 10.00. The van der Waals surface area contributed by atoms with Crippen molar-refractivity contribution in [2.75, 3.05) is 5.73 Å². The standard InChI is InChI=1S/C12H13Cl2N3O/c1-6(2)17-12(18)10(11(15)16-17)9-7(13)4-3-5-8(9)14/h3-6,16H,15H2,1-2H3. The number of hydrogen-bond acceptors (Lipinski definition) is 2. The minimum Gasteiger partial charge on any atom is -0.383 e.